The van der Waals surface area contributed by atoms with Crippen LogP contribution in [0, 0.1) is 52.3 Å². The molecule has 0 spiro atoms. The van der Waals surface area contributed by atoms with E-state index in [-0.39, 0.29) is 24.2 Å². The molecule has 0 aromatic rings. The molecule has 178 valence electrons. The van der Waals surface area contributed by atoms with Crippen LogP contribution < -0.4 is 0 Å². The van der Waals surface area contributed by atoms with Gasteiger partial charge in [-0.2, -0.15) is 0 Å². The van der Waals surface area contributed by atoms with E-state index in [2.05, 4.69) is 27.7 Å². The summed E-state index contributed by atoms with van der Waals surface area (Å²) in [6.07, 6.45) is 9.84. The first-order valence-electron chi connectivity index (χ1n) is 13.3. The largest absolute Gasteiger partial charge is 0.396 e. The second kappa shape index (κ2) is 7.96. The van der Waals surface area contributed by atoms with Crippen LogP contribution in [0.15, 0.2) is 0 Å². The van der Waals surface area contributed by atoms with E-state index in [4.69, 9.17) is 4.74 Å². The van der Waals surface area contributed by atoms with Gasteiger partial charge in [0.05, 0.1) is 24.4 Å². The fourth-order valence-corrected chi connectivity index (χ4v) is 9.85. The Labute approximate surface area is 189 Å². The van der Waals surface area contributed by atoms with Crippen LogP contribution in [0.1, 0.15) is 85.5 Å². The molecule has 1 heterocycles. The van der Waals surface area contributed by atoms with Crippen LogP contribution in [-0.2, 0) is 4.74 Å². The molecule has 13 atom stereocenters. The quantitative estimate of drug-likeness (QED) is 0.613. The molecule has 5 fully saturated rings. The fraction of sp³-hybridized carbons (Fsp3) is 1.00. The van der Waals surface area contributed by atoms with Crippen LogP contribution >= 0.6 is 0 Å². The van der Waals surface area contributed by atoms with Crippen molar-refractivity contribution in [1.82, 2.24) is 0 Å². The van der Waals surface area contributed by atoms with Gasteiger partial charge >= 0.3 is 0 Å². The van der Waals surface area contributed by atoms with Crippen molar-refractivity contribution in [3.63, 3.8) is 0 Å². The van der Waals surface area contributed by atoms with E-state index in [1.807, 2.05) is 0 Å². The molecule has 0 amide bonds. The summed E-state index contributed by atoms with van der Waals surface area (Å²) in [6.45, 7) is 9.78. The first-order chi connectivity index (χ1) is 14.7. The standard InChI is InChI=1S/C27H46O4/c1-15(14-28)5-8-22-16(2)25-23(31-22)13-21-19-7-6-17-11-18(29)12-24(30)27(17,4)20(19)9-10-26(21,25)3/h15-25,28-30H,5-14H2,1-4H3. The smallest absolute Gasteiger partial charge is 0.0623 e. The van der Waals surface area contributed by atoms with Gasteiger partial charge in [-0.15, -0.1) is 0 Å². The molecule has 4 aliphatic carbocycles. The second-order valence-corrected chi connectivity index (χ2v) is 12.9. The highest BCUT2D eigenvalue weighted by atomic mass is 16.5. The van der Waals surface area contributed by atoms with Crippen molar-refractivity contribution in [1.29, 1.82) is 0 Å². The van der Waals surface area contributed by atoms with E-state index >= 15 is 0 Å². The van der Waals surface area contributed by atoms with Crippen molar-refractivity contribution in [2.75, 3.05) is 6.61 Å². The molecule has 0 aromatic carbocycles. The van der Waals surface area contributed by atoms with E-state index in [9.17, 15) is 15.3 Å². The molecular formula is C27H46O4. The van der Waals surface area contributed by atoms with E-state index in [1.54, 1.807) is 0 Å². The number of aliphatic hydroxyl groups is 3. The summed E-state index contributed by atoms with van der Waals surface area (Å²) in [6, 6.07) is 0. The summed E-state index contributed by atoms with van der Waals surface area (Å²) in [5.74, 6) is 4.14. The maximum absolute atomic E-state index is 11.1. The van der Waals surface area contributed by atoms with Gasteiger partial charge in [-0.3, -0.25) is 0 Å². The lowest BCUT2D eigenvalue weighted by Crippen LogP contribution is -2.59. The summed E-state index contributed by atoms with van der Waals surface area (Å²) in [4.78, 5) is 0. The fourth-order valence-electron chi connectivity index (χ4n) is 9.85. The number of ether oxygens (including phenoxy) is 1. The van der Waals surface area contributed by atoms with Gasteiger partial charge in [-0.25, -0.2) is 0 Å². The molecule has 31 heavy (non-hydrogen) atoms. The first kappa shape index (κ1) is 22.6. The van der Waals surface area contributed by atoms with Crippen LogP contribution in [0.5, 0.6) is 0 Å². The number of hydrogen-bond donors (Lipinski definition) is 3. The molecule has 13 unspecified atom stereocenters. The Kier molecular flexibility index (Phi) is 5.81. The number of hydrogen-bond acceptors (Lipinski definition) is 4. The Hall–Kier alpha value is -0.160. The maximum atomic E-state index is 11.1. The zero-order valence-corrected chi connectivity index (χ0v) is 20.2. The summed E-state index contributed by atoms with van der Waals surface area (Å²) in [5.41, 5.74) is 0.349. The van der Waals surface area contributed by atoms with E-state index < -0.39 is 0 Å². The summed E-state index contributed by atoms with van der Waals surface area (Å²) in [5, 5.41) is 30.8. The average Bonchev–Trinajstić information content (AvgIpc) is 3.20. The minimum absolute atomic E-state index is 0.0172. The Bertz CT molecular complexity index is 668. The van der Waals surface area contributed by atoms with E-state index in [0.29, 0.717) is 59.6 Å². The van der Waals surface area contributed by atoms with Gasteiger partial charge in [0.15, 0.2) is 0 Å². The third kappa shape index (κ3) is 3.29. The Balaban J connectivity index is 1.34. The summed E-state index contributed by atoms with van der Waals surface area (Å²) < 4.78 is 6.73. The van der Waals surface area contributed by atoms with Gasteiger partial charge in [0.25, 0.3) is 0 Å². The molecule has 4 heteroatoms. The van der Waals surface area contributed by atoms with Crippen LogP contribution in [0.25, 0.3) is 0 Å². The third-order valence-electron chi connectivity index (χ3n) is 11.6. The highest BCUT2D eigenvalue weighted by Gasteiger charge is 2.66. The Morgan fingerprint density at radius 2 is 1.81 bits per heavy atom. The van der Waals surface area contributed by atoms with E-state index in [1.165, 1.54) is 32.1 Å². The molecule has 5 aliphatic rings. The van der Waals surface area contributed by atoms with Crippen LogP contribution in [0.3, 0.4) is 0 Å². The lowest BCUT2D eigenvalue weighted by molar-refractivity contribution is -0.182. The number of fused-ring (bicyclic) bond motifs is 7. The van der Waals surface area contributed by atoms with Crippen LogP contribution in [0.2, 0.25) is 0 Å². The van der Waals surface area contributed by atoms with Crippen molar-refractivity contribution < 1.29 is 20.1 Å². The molecule has 1 saturated heterocycles. The number of rotatable bonds is 4. The normalized spacial score (nSPS) is 57.0. The summed E-state index contributed by atoms with van der Waals surface area (Å²) in [7, 11) is 0. The maximum Gasteiger partial charge on any atom is 0.0623 e. The van der Waals surface area contributed by atoms with Crippen molar-refractivity contribution in [2.24, 2.45) is 52.3 Å². The molecule has 4 nitrogen and oxygen atoms in total. The first-order valence-corrected chi connectivity index (χ1v) is 13.3. The second-order valence-electron chi connectivity index (χ2n) is 12.9. The van der Waals surface area contributed by atoms with Crippen LogP contribution in [-0.4, -0.2) is 46.3 Å². The Morgan fingerprint density at radius 3 is 2.55 bits per heavy atom. The lowest BCUT2D eigenvalue weighted by Gasteiger charge is -2.62. The predicted molar refractivity (Wildman–Crippen MR) is 121 cm³/mol. The topological polar surface area (TPSA) is 69.9 Å². The molecule has 4 saturated carbocycles. The molecule has 3 N–H and O–H groups in total. The highest BCUT2D eigenvalue weighted by molar-refractivity contribution is 5.15. The molecule has 1 aliphatic heterocycles. The van der Waals surface area contributed by atoms with Crippen molar-refractivity contribution >= 4 is 0 Å². The van der Waals surface area contributed by atoms with Crippen molar-refractivity contribution in [3.05, 3.63) is 0 Å². The van der Waals surface area contributed by atoms with Gasteiger partial charge in [0, 0.05) is 6.61 Å². The molecule has 0 bridgehead atoms. The van der Waals surface area contributed by atoms with Gasteiger partial charge in [0.2, 0.25) is 0 Å². The lowest BCUT2D eigenvalue weighted by atomic mass is 9.43. The van der Waals surface area contributed by atoms with Crippen molar-refractivity contribution in [3.8, 4) is 0 Å². The number of aliphatic hydroxyl groups excluding tert-OH is 3. The van der Waals surface area contributed by atoms with Crippen molar-refractivity contribution in [2.45, 2.75) is 110 Å². The SMILES string of the molecule is CC(CO)CCC1OC2CC3C4CCC5CC(O)CC(O)C5(C)C4CCC3(C)C2C1C. The monoisotopic (exact) mass is 434 g/mol. The molecule has 0 aromatic heterocycles. The van der Waals surface area contributed by atoms with Gasteiger partial charge in [0.1, 0.15) is 0 Å². The average molecular weight is 435 g/mol. The van der Waals surface area contributed by atoms with E-state index in [0.717, 1.165) is 25.2 Å². The van der Waals surface area contributed by atoms with Gasteiger partial charge in [-0.1, -0.05) is 27.7 Å². The predicted octanol–water partition coefficient (Wildman–Crippen LogP) is 4.40. The molecular weight excluding hydrogens is 388 g/mol. The summed E-state index contributed by atoms with van der Waals surface area (Å²) >= 11 is 0. The minimum atomic E-state index is -0.354. The Morgan fingerprint density at radius 1 is 1.03 bits per heavy atom. The highest BCUT2D eigenvalue weighted by Crippen LogP contribution is 2.70. The zero-order chi connectivity index (χ0) is 22.1. The van der Waals surface area contributed by atoms with Gasteiger partial charge in [-0.05, 0) is 110 Å². The van der Waals surface area contributed by atoms with Crippen LogP contribution in [0.4, 0.5) is 0 Å². The minimum Gasteiger partial charge on any atom is -0.396 e. The van der Waals surface area contributed by atoms with Gasteiger partial charge < -0.3 is 20.1 Å². The zero-order valence-electron chi connectivity index (χ0n) is 20.2. The molecule has 5 rings (SSSR count). The third-order valence-corrected chi connectivity index (χ3v) is 11.6. The molecule has 0 radical (unpaired) electrons.